The van der Waals surface area contributed by atoms with Crippen LogP contribution in [-0.4, -0.2) is 18.6 Å². The highest BCUT2D eigenvalue weighted by Gasteiger charge is 2.16. The largest absolute Gasteiger partial charge is 0.478 e. The van der Waals surface area contributed by atoms with E-state index in [9.17, 15) is 9.18 Å². The Hall–Kier alpha value is -2.09. The third-order valence-electron chi connectivity index (χ3n) is 2.42. The van der Waals surface area contributed by atoms with Crippen LogP contribution in [0.5, 0.6) is 5.75 Å². The Morgan fingerprint density at radius 1 is 1.47 bits per heavy atom. The van der Waals surface area contributed by atoms with Crippen molar-refractivity contribution >= 4 is 5.91 Å². The number of benzene rings is 1. The molecule has 0 radical (unpaired) electrons. The smallest absolute Gasteiger partial charge is 0.260 e. The van der Waals surface area contributed by atoms with E-state index in [2.05, 4.69) is 5.32 Å². The highest BCUT2D eigenvalue weighted by atomic mass is 19.1. The maximum absolute atomic E-state index is 13.6. The van der Waals surface area contributed by atoms with Gasteiger partial charge in [0.05, 0.1) is 11.6 Å². The van der Waals surface area contributed by atoms with Crippen LogP contribution < -0.4 is 10.1 Å². The minimum absolute atomic E-state index is 0.0359. The number of halogens is 1. The Labute approximate surface area is 112 Å². The maximum Gasteiger partial charge on any atom is 0.260 e. The fourth-order valence-electron chi connectivity index (χ4n) is 1.36. The number of rotatable bonds is 5. The monoisotopic (exact) mass is 264 g/mol. The first-order chi connectivity index (χ1) is 8.93. The summed E-state index contributed by atoms with van der Waals surface area (Å²) >= 11 is 0. The van der Waals surface area contributed by atoms with Crippen LogP contribution in [0, 0.1) is 23.1 Å². The van der Waals surface area contributed by atoms with Crippen molar-refractivity contribution in [2.45, 2.75) is 26.9 Å². The lowest BCUT2D eigenvalue weighted by atomic mass is 10.2. The molecule has 0 heterocycles. The highest BCUT2D eigenvalue weighted by Crippen LogP contribution is 2.19. The topological polar surface area (TPSA) is 62.1 Å². The molecular weight excluding hydrogens is 247 g/mol. The predicted molar refractivity (Wildman–Crippen MR) is 69.1 cm³/mol. The van der Waals surface area contributed by atoms with Gasteiger partial charge in [-0.3, -0.25) is 4.79 Å². The van der Waals surface area contributed by atoms with E-state index >= 15 is 0 Å². The van der Waals surface area contributed by atoms with Crippen LogP contribution >= 0.6 is 0 Å². The standard InChI is InChI=1S/C14H17FN2O2/c1-9(2)8-17-14(18)10(3)19-13-5-4-11(7-16)6-12(13)15/h4-6,9-10H,8H2,1-3H3,(H,17,18). The van der Waals surface area contributed by atoms with Crippen LogP contribution in [0.15, 0.2) is 18.2 Å². The van der Waals surface area contributed by atoms with Crippen LogP contribution in [-0.2, 0) is 4.79 Å². The molecule has 0 aliphatic rings. The number of hydrogen-bond donors (Lipinski definition) is 1. The average Bonchev–Trinajstić information content (AvgIpc) is 2.37. The Morgan fingerprint density at radius 3 is 2.68 bits per heavy atom. The zero-order valence-corrected chi connectivity index (χ0v) is 11.2. The van der Waals surface area contributed by atoms with Gasteiger partial charge in [0.25, 0.3) is 5.91 Å². The molecular formula is C14H17FN2O2. The van der Waals surface area contributed by atoms with Crippen molar-refractivity contribution in [1.29, 1.82) is 5.26 Å². The maximum atomic E-state index is 13.6. The third kappa shape index (κ3) is 4.59. The van der Waals surface area contributed by atoms with Crippen LogP contribution in [0.4, 0.5) is 4.39 Å². The minimum atomic E-state index is -0.791. The lowest BCUT2D eigenvalue weighted by Crippen LogP contribution is -2.38. The first kappa shape index (κ1) is 15.0. The van der Waals surface area contributed by atoms with Gasteiger partial charge in [-0.15, -0.1) is 0 Å². The predicted octanol–water partition coefficient (Wildman–Crippen LogP) is 2.24. The summed E-state index contributed by atoms with van der Waals surface area (Å²) < 4.78 is 18.8. The molecule has 0 aliphatic carbocycles. The first-order valence-electron chi connectivity index (χ1n) is 6.08. The van der Waals surface area contributed by atoms with E-state index in [-0.39, 0.29) is 17.2 Å². The van der Waals surface area contributed by atoms with E-state index in [1.54, 1.807) is 6.92 Å². The van der Waals surface area contributed by atoms with E-state index in [1.807, 2.05) is 19.9 Å². The molecule has 102 valence electrons. The van der Waals surface area contributed by atoms with Gasteiger partial charge in [-0.25, -0.2) is 4.39 Å². The number of carbonyl (C=O) groups excluding carboxylic acids is 1. The van der Waals surface area contributed by atoms with Crippen LogP contribution in [0.2, 0.25) is 0 Å². The molecule has 1 amide bonds. The molecule has 1 aromatic carbocycles. The first-order valence-corrected chi connectivity index (χ1v) is 6.08. The van der Waals surface area contributed by atoms with Gasteiger partial charge < -0.3 is 10.1 Å². The molecule has 0 fully saturated rings. The molecule has 1 rings (SSSR count). The fraction of sp³-hybridized carbons (Fsp3) is 0.429. The molecule has 1 unspecified atom stereocenters. The second-order valence-electron chi connectivity index (χ2n) is 4.66. The average molecular weight is 264 g/mol. The van der Waals surface area contributed by atoms with Crippen molar-refractivity contribution in [2.24, 2.45) is 5.92 Å². The SMILES string of the molecule is CC(C)CNC(=O)C(C)Oc1ccc(C#N)cc1F. The summed E-state index contributed by atoms with van der Waals surface area (Å²) in [5, 5.41) is 11.3. The van der Waals surface area contributed by atoms with Gasteiger partial charge in [0.2, 0.25) is 0 Å². The van der Waals surface area contributed by atoms with Crippen LogP contribution in [0.25, 0.3) is 0 Å². The van der Waals surface area contributed by atoms with Gasteiger partial charge in [0, 0.05) is 6.54 Å². The molecule has 1 atom stereocenters. The van der Waals surface area contributed by atoms with Crippen LogP contribution in [0.3, 0.4) is 0 Å². The van der Waals surface area contributed by atoms with Gasteiger partial charge in [0.1, 0.15) is 0 Å². The number of nitriles is 1. The lowest BCUT2D eigenvalue weighted by Gasteiger charge is -2.16. The van der Waals surface area contributed by atoms with E-state index < -0.39 is 11.9 Å². The molecule has 5 heteroatoms. The molecule has 1 aromatic rings. The molecule has 0 spiro atoms. The summed E-state index contributed by atoms with van der Waals surface area (Å²) in [6.07, 6.45) is -0.791. The van der Waals surface area contributed by atoms with Crippen molar-refractivity contribution in [1.82, 2.24) is 5.32 Å². The Bertz CT molecular complexity index is 495. The summed E-state index contributed by atoms with van der Waals surface area (Å²) in [5.74, 6) is -0.644. The van der Waals surface area contributed by atoms with Gasteiger partial charge in [-0.2, -0.15) is 5.26 Å². The third-order valence-corrected chi connectivity index (χ3v) is 2.42. The van der Waals surface area contributed by atoms with Gasteiger partial charge >= 0.3 is 0 Å². The molecule has 0 saturated heterocycles. The summed E-state index contributed by atoms with van der Waals surface area (Å²) in [4.78, 5) is 11.7. The van der Waals surface area contributed by atoms with E-state index in [4.69, 9.17) is 10.00 Å². The molecule has 0 bridgehead atoms. The van der Waals surface area contributed by atoms with Crippen molar-refractivity contribution in [3.63, 3.8) is 0 Å². The molecule has 4 nitrogen and oxygen atoms in total. The lowest BCUT2D eigenvalue weighted by molar-refractivity contribution is -0.127. The molecule has 1 N–H and O–H groups in total. The fourth-order valence-corrected chi connectivity index (χ4v) is 1.36. The molecule has 0 aliphatic heterocycles. The minimum Gasteiger partial charge on any atom is -0.478 e. The zero-order valence-electron chi connectivity index (χ0n) is 11.2. The van der Waals surface area contributed by atoms with E-state index in [1.165, 1.54) is 12.1 Å². The molecule has 0 aromatic heterocycles. The molecule has 0 saturated carbocycles. The van der Waals surface area contributed by atoms with Crippen LogP contribution in [0.1, 0.15) is 26.3 Å². The van der Waals surface area contributed by atoms with Crippen molar-refractivity contribution < 1.29 is 13.9 Å². The Kier molecular flexibility index (Phi) is 5.31. The van der Waals surface area contributed by atoms with Crippen molar-refractivity contribution in [3.8, 4) is 11.8 Å². The second-order valence-corrected chi connectivity index (χ2v) is 4.66. The van der Waals surface area contributed by atoms with E-state index in [0.29, 0.717) is 12.5 Å². The number of hydrogen-bond acceptors (Lipinski definition) is 3. The normalized spacial score (nSPS) is 11.8. The van der Waals surface area contributed by atoms with Crippen molar-refractivity contribution in [3.05, 3.63) is 29.6 Å². The summed E-state index contributed by atoms with van der Waals surface area (Å²) in [6.45, 7) is 6.05. The number of amides is 1. The Balaban J connectivity index is 2.64. The molecule has 19 heavy (non-hydrogen) atoms. The number of carbonyl (C=O) groups is 1. The summed E-state index contributed by atoms with van der Waals surface area (Å²) in [5.41, 5.74) is 0.210. The number of nitrogens with one attached hydrogen (secondary N) is 1. The van der Waals surface area contributed by atoms with Gasteiger partial charge in [-0.1, -0.05) is 13.8 Å². The summed E-state index contributed by atoms with van der Waals surface area (Å²) in [6, 6.07) is 5.70. The van der Waals surface area contributed by atoms with Gasteiger partial charge in [0.15, 0.2) is 17.7 Å². The van der Waals surface area contributed by atoms with Crippen molar-refractivity contribution in [2.75, 3.05) is 6.54 Å². The Morgan fingerprint density at radius 2 is 2.16 bits per heavy atom. The summed E-state index contributed by atoms with van der Waals surface area (Å²) in [7, 11) is 0. The number of ether oxygens (including phenoxy) is 1. The van der Waals surface area contributed by atoms with E-state index in [0.717, 1.165) is 6.07 Å². The zero-order chi connectivity index (χ0) is 14.4. The number of nitrogens with zero attached hydrogens (tertiary/aromatic N) is 1. The highest BCUT2D eigenvalue weighted by molar-refractivity contribution is 5.80. The second kappa shape index (κ2) is 6.74. The quantitative estimate of drug-likeness (QED) is 0.887. The van der Waals surface area contributed by atoms with Gasteiger partial charge in [-0.05, 0) is 31.0 Å².